The van der Waals surface area contributed by atoms with E-state index in [9.17, 15) is 4.79 Å². The highest BCUT2D eigenvalue weighted by Gasteiger charge is 2.15. The highest BCUT2D eigenvalue weighted by Crippen LogP contribution is 2.25. The van der Waals surface area contributed by atoms with Crippen LogP contribution in [0, 0.1) is 0 Å². The minimum Gasteiger partial charge on any atom is -0.366 e. The lowest BCUT2D eigenvalue weighted by molar-refractivity contribution is 0.100. The first-order valence-electron chi connectivity index (χ1n) is 5.51. The van der Waals surface area contributed by atoms with E-state index in [0.29, 0.717) is 11.4 Å². The fraction of sp³-hybridized carbons (Fsp3) is 0.250. The standard InChI is InChI=1S/C12H14N4O/c1-2-4-8-5-3-6-9(11(13)17)10(8)12-14-7-15-16-12/h3,5-7H,2,4H2,1H3,(H2,13,17)(H,14,15,16). The lowest BCUT2D eigenvalue weighted by Gasteiger charge is -2.09. The van der Waals surface area contributed by atoms with E-state index in [1.807, 2.05) is 12.1 Å². The molecule has 0 aliphatic carbocycles. The zero-order valence-electron chi connectivity index (χ0n) is 9.60. The number of carbonyl (C=O) groups is 1. The van der Waals surface area contributed by atoms with Gasteiger partial charge in [-0.2, -0.15) is 5.10 Å². The van der Waals surface area contributed by atoms with E-state index in [0.717, 1.165) is 24.0 Å². The number of hydrogen-bond acceptors (Lipinski definition) is 3. The molecule has 0 spiro atoms. The molecule has 88 valence electrons. The number of amides is 1. The Morgan fingerprint density at radius 2 is 2.29 bits per heavy atom. The molecule has 0 aliphatic rings. The van der Waals surface area contributed by atoms with E-state index in [1.54, 1.807) is 6.07 Å². The number of nitrogens with two attached hydrogens (primary N) is 1. The predicted molar refractivity (Wildman–Crippen MR) is 64.3 cm³/mol. The summed E-state index contributed by atoms with van der Waals surface area (Å²) in [6.07, 6.45) is 3.28. The quantitative estimate of drug-likeness (QED) is 0.835. The van der Waals surface area contributed by atoms with Crippen molar-refractivity contribution in [1.29, 1.82) is 0 Å². The van der Waals surface area contributed by atoms with Crippen molar-refractivity contribution in [2.24, 2.45) is 5.73 Å². The van der Waals surface area contributed by atoms with E-state index in [-0.39, 0.29) is 0 Å². The molecule has 0 saturated heterocycles. The van der Waals surface area contributed by atoms with Crippen molar-refractivity contribution in [2.75, 3.05) is 0 Å². The zero-order chi connectivity index (χ0) is 12.3. The fourth-order valence-electron chi connectivity index (χ4n) is 1.89. The Hall–Kier alpha value is -2.17. The van der Waals surface area contributed by atoms with Crippen LogP contribution in [0.4, 0.5) is 0 Å². The molecule has 1 aromatic heterocycles. The highest BCUT2D eigenvalue weighted by atomic mass is 16.1. The van der Waals surface area contributed by atoms with Crippen molar-refractivity contribution in [3.05, 3.63) is 35.7 Å². The summed E-state index contributed by atoms with van der Waals surface area (Å²) in [6, 6.07) is 5.53. The molecular weight excluding hydrogens is 216 g/mol. The number of aromatic amines is 1. The molecule has 0 bridgehead atoms. The molecule has 0 atom stereocenters. The molecule has 1 aromatic carbocycles. The van der Waals surface area contributed by atoms with Gasteiger partial charge in [-0.15, -0.1) is 0 Å². The Balaban J connectivity index is 2.62. The summed E-state index contributed by atoms with van der Waals surface area (Å²) in [7, 11) is 0. The molecule has 0 saturated carbocycles. The molecule has 5 nitrogen and oxygen atoms in total. The van der Waals surface area contributed by atoms with Crippen LogP contribution in [-0.4, -0.2) is 21.1 Å². The van der Waals surface area contributed by atoms with Gasteiger partial charge < -0.3 is 5.73 Å². The van der Waals surface area contributed by atoms with Crippen molar-refractivity contribution >= 4 is 5.91 Å². The predicted octanol–water partition coefficient (Wildman–Crippen LogP) is 1.52. The van der Waals surface area contributed by atoms with Gasteiger partial charge in [-0.05, 0) is 18.1 Å². The van der Waals surface area contributed by atoms with Gasteiger partial charge in [0.1, 0.15) is 6.33 Å². The number of benzene rings is 1. The number of carbonyl (C=O) groups excluding carboxylic acids is 1. The van der Waals surface area contributed by atoms with Gasteiger partial charge in [0.05, 0.1) is 5.56 Å². The molecule has 0 radical (unpaired) electrons. The van der Waals surface area contributed by atoms with Gasteiger partial charge in [0, 0.05) is 5.56 Å². The van der Waals surface area contributed by atoms with E-state index < -0.39 is 5.91 Å². The van der Waals surface area contributed by atoms with Crippen molar-refractivity contribution in [3.8, 4) is 11.4 Å². The summed E-state index contributed by atoms with van der Waals surface area (Å²) >= 11 is 0. The van der Waals surface area contributed by atoms with Crippen LogP contribution in [0.1, 0.15) is 29.3 Å². The minimum atomic E-state index is -0.450. The van der Waals surface area contributed by atoms with Gasteiger partial charge in [-0.25, -0.2) is 4.98 Å². The van der Waals surface area contributed by atoms with Crippen LogP contribution in [0.5, 0.6) is 0 Å². The molecule has 0 aliphatic heterocycles. The number of hydrogen-bond donors (Lipinski definition) is 2. The second kappa shape index (κ2) is 4.78. The number of rotatable bonds is 4. The van der Waals surface area contributed by atoms with E-state index >= 15 is 0 Å². The first-order valence-corrected chi connectivity index (χ1v) is 5.51. The largest absolute Gasteiger partial charge is 0.366 e. The first kappa shape index (κ1) is 11.3. The van der Waals surface area contributed by atoms with Gasteiger partial charge in [-0.1, -0.05) is 25.5 Å². The number of primary amides is 1. The van der Waals surface area contributed by atoms with Crippen molar-refractivity contribution < 1.29 is 4.79 Å². The van der Waals surface area contributed by atoms with Crippen LogP contribution in [0.3, 0.4) is 0 Å². The Bertz CT molecular complexity index is 519. The summed E-state index contributed by atoms with van der Waals surface area (Å²) in [4.78, 5) is 15.5. The third-order valence-corrected chi connectivity index (χ3v) is 2.59. The van der Waals surface area contributed by atoms with Crippen molar-refractivity contribution in [1.82, 2.24) is 15.2 Å². The van der Waals surface area contributed by atoms with Gasteiger partial charge in [0.15, 0.2) is 5.82 Å². The minimum absolute atomic E-state index is 0.450. The molecule has 2 aromatic rings. The molecule has 3 N–H and O–H groups in total. The molecule has 17 heavy (non-hydrogen) atoms. The Labute approximate surface area is 99.1 Å². The summed E-state index contributed by atoms with van der Waals surface area (Å²) in [6.45, 7) is 2.08. The molecule has 2 rings (SSSR count). The van der Waals surface area contributed by atoms with Crippen LogP contribution < -0.4 is 5.73 Å². The van der Waals surface area contributed by atoms with Crippen LogP contribution in [0.2, 0.25) is 0 Å². The molecule has 0 unspecified atom stereocenters. The van der Waals surface area contributed by atoms with E-state index in [1.165, 1.54) is 6.33 Å². The fourth-order valence-corrected chi connectivity index (χ4v) is 1.89. The lowest BCUT2D eigenvalue weighted by Crippen LogP contribution is -2.13. The molecule has 5 heteroatoms. The van der Waals surface area contributed by atoms with Gasteiger partial charge in [0.25, 0.3) is 0 Å². The second-order valence-corrected chi connectivity index (χ2v) is 3.79. The maximum Gasteiger partial charge on any atom is 0.249 e. The Morgan fingerprint density at radius 1 is 1.47 bits per heavy atom. The van der Waals surface area contributed by atoms with Crippen LogP contribution in [0.25, 0.3) is 11.4 Å². The molecule has 1 amide bonds. The summed E-state index contributed by atoms with van der Waals surface area (Å²) < 4.78 is 0. The third-order valence-electron chi connectivity index (χ3n) is 2.59. The van der Waals surface area contributed by atoms with Crippen LogP contribution in [-0.2, 0) is 6.42 Å². The van der Waals surface area contributed by atoms with Crippen molar-refractivity contribution in [3.63, 3.8) is 0 Å². The summed E-state index contributed by atoms with van der Waals surface area (Å²) in [5.74, 6) is 0.136. The monoisotopic (exact) mass is 230 g/mol. The Kier molecular flexibility index (Phi) is 3.18. The van der Waals surface area contributed by atoms with Crippen LogP contribution in [0.15, 0.2) is 24.5 Å². The number of H-pyrrole nitrogens is 1. The topological polar surface area (TPSA) is 84.7 Å². The average molecular weight is 230 g/mol. The normalized spacial score (nSPS) is 10.4. The maximum absolute atomic E-state index is 11.4. The van der Waals surface area contributed by atoms with Gasteiger partial charge >= 0.3 is 0 Å². The Morgan fingerprint density at radius 3 is 2.88 bits per heavy atom. The van der Waals surface area contributed by atoms with Crippen molar-refractivity contribution in [2.45, 2.75) is 19.8 Å². The first-order chi connectivity index (χ1) is 8.24. The molecule has 1 heterocycles. The van der Waals surface area contributed by atoms with Crippen LogP contribution >= 0.6 is 0 Å². The summed E-state index contributed by atoms with van der Waals surface area (Å²) in [5.41, 5.74) is 7.68. The average Bonchev–Trinajstić information content (AvgIpc) is 2.82. The molecule has 0 fully saturated rings. The summed E-state index contributed by atoms with van der Waals surface area (Å²) in [5, 5.41) is 6.59. The third kappa shape index (κ3) is 2.18. The maximum atomic E-state index is 11.4. The van der Waals surface area contributed by atoms with E-state index in [4.69, 9.17) is 5.73 Å². The van der Waals surface area contributed by atoms with Gasteiger partial charge in [-0.3, -0.25) is 9.89 Å². The number of nitrogens with zero attached hydrogens (tertiary/aromatic N) is 2. The molecular formula is C12H14N4O. The highest BCUT2D eigenvalue weighted by molar-refractivity contribution is 5.99. The lowest BCUT2D eigenvalue weighted by atomic mass is 9.97. The smallest absolute Gasteiger partial charge is 0.249 e. The van der Waals surface area contributed by atoms with E-state index in [2.05, 4.69) is 22.1 Å². The SMILES string of the molecule is CCCc1cccc(C(N)=O)c1-c1ncn[nH]1. The second-order valence-electron chi connectivity index (χ2n) is 3.79. The number of aromatic nitrogens is 3. The van der Waals surface area contributed by atoms with Gasteiger partial charge in [0.2, 0.25) is 5.91 Å². The number of aryl methyl sites for hydroxylation is 1. The number of nitrogens with one attached hydrogen (secondary N) is 1. The zero-order valence-corrected chi connectivity index (χ0v) is 9.60.